The molecule has 0 radical (unpaired) electrons. The lowest BCUT2D eigenvalue weighted by Crippen LogP contribution is -2.18. The third-order valence-corrected chi connectivity index (χ3v) is 6.48. The molecule has 2 aliphatic heterocycles. The van der Waals surface area contributed by atoms with Gasteiger partial charge in [-0.1, -0.05) is 0 Å². The van der Waals surface area contributed by atoms with Gasteiger partial charge in [-0.05, 0) is 42.5 Å². The molecule has 2 fully saturated rings. The molecule has 114 valence electrons. The molecule has 0 amide bonds. The molecule has 3 aliphatic rings. The first-order chi connectivity index (χ1) is 10.0. The summed E-state index contributed by atoms with van der Waals surface area (Å²) in [7, 11) is -1.66. The maximum absolute atomic E-state index is 12.0. The predicted octanol–water partition coefficient (Wildman–Crippen LogP) is 1.29. The number of fused-ring (bicyclic) bond motifs is 1. The molecule has 1 aromatic carbocycles. The Labute approximate surface area is 125 Å². The minimum absolute atomic E-state index is 0.416. The minimum atomic E-state index is -3.27. The lowest BCUT2D eigenvalue weighted by Gasteiger charge is -2.07. The van der Waals surface area contributed by atoms with Gasteiger partial charge < -0.3 is 4.74 Å². The molecule has 6 heteroatoms. The third-order valence-electron chi connectivity index (χ3n) is 4.57. The van der Waals surface area contributed by atoms with Crippen molar-refractivity contribution in [1.29, 1.82) is 0 Å². The molecule has 1 aliphatic carbocycles. The van der Waals surface area contributed by atoms with Gasteiger partial charge in [-0.3, -0.25) is 4.90 Å². The van der Waals surface area contributed by atoms with Gasteiger partial charge in [-0.2, -0.15) is 4.31 Å². The van der Waals surface area contributed by atoms with Gasteiger partial charge in [-0.15, -0.1) is 0 Å². The molecule has 0 bridgehead atoms. The van der Waals surface area contributed by atoms with Gasteiger partial charge in [0.1, 0.15) is 12.4 Å². The van der Waals surface area contributed by atoms with E-state index in [-0.39, 0.29) is 0 Å². The highest BCUT2D eigenvalue weighted by Crippen LogP contribution is 2.34. The summed E-state index contributed by atoms with van der Waals surface area (Å²) in [4.78, 5) is 2.88. The quantitative estimate of drug-likeness (QED) is 0.769. The van der Waals surface area contributed by atoms with E-state index in [2.05, 4.69) is 4.90 Å². The zero-order valence-corrected chi connectivity index (χ0v) is 13.0. The summed E-state index contributed by atoms with van der Waals surface area (Å²) >= 11 is 0. The van der Waals surface area contributed by atoms with E-state index < -0.39 is 10.0 Å². The molecule has 2 unspecified atom stereocenters. The van der Waals surface area contributed by atoms with E-state index in [9.17, 15) is 8.42 Å². The Balaban J connectivity index is 1.38. The molecule has 0 aromatic heterocycles. The normalized spacial score (nSPS) is 30.1. The van der Waals surface area contributed by atoms with Gasteiger partial charge in [-0.25, -0.2) is 8.42 Å². The van der Waals surface area contributed by atoms with E-state index in [0.717, 1.165) is 23.8 Å². The Morgan fingerprint density at radius 1 is 1.33 bits per heavy atom. The summed E-state index contributed by atoms with van der Waals surface area (Å²) in [5.41, 5.74) is 0.834. The van der Waals surface area contributed by atoms with Crippen LogP contribution in [0.1, 0.15) is 18.4 Å². The summed E-state index contributed by atoms with van der Waals surface area (Å²) < 4.78 is 31.2. The topological polar surface area (TPSA) is 49.6 Å². The van der Waals surface area contributed by atoms with Gasteiger partial charge >= 0.3 is 0 Å². The first-order valence-electron chi connectivity index (χ1n) is 7.50. The van der Waals surface area contributed by atoms with Crippen LogP contribution in [0.5, 0.6) is 5.75 Å². The fourth-order valence-electron chi connectivity index (χ4n) is 2.94. The summed E-state index contributed by atoms with van der Waals surface area (Å²) in [6.45, 7) is 3.50. The number of ether oxygens (including phenoxy) is 1. The molecule has 0 N–H and O–H groups in total. The molecule has 1 saturated carbocycles. The fourth-order valence-corrected chi connectivity index (χ4v) is 4.28. The van der Waals surface area contributed by atoms with Crippen LogP contribution in [0.3, 0.4) is 0 Å². The van der Waals surface area contributed by atoms with Gasteiger partial charge in [0.05, 0.1) is 10.9 Å². The van der Waals surface area contributed by atoms with Crippen LogP contribution in [-0.2, 0) is 16.6 Å². The van der Waals surface area contributed by atoms with E-state index in [1.165, 1.54) is 23.7 Å². The Bertz CT molecular complexity index is 669. The molecule has 5 nitrogen and oxygen atoms in total. The van der Waals surface area contributed by atoms with Crippen LogP contribution in [-0.4, -0.2) is 50.4 Å². The van der Waals surface area contributed by atoms with Gasteiger partial charge in [0.25, 0.3) is 0 Å². The number of nitrogens with zero attached hydrogens (tertiary/aromatic N) is 2. The van der Waals surface area contributed by atoms with Crippen molar-refractivity contribution in [2.45, 2.75) is 30.3 Å². The molecule has 21 heavy (non-hydrogen) atoms. The van der Waals surface area contributed by atoms with Crippen molar-refractivity contribution in [2.75, 3.05) is 26.7 Å². The Kier molecular flexibility index (Phi) is 3.03. The highest BCUT2D eigenvalue weighted by Gasteiger charge is 2.38. The molecule has 1 aromatic rings. The number of sulfonamides is 1. The molecular formula is C15H20N2O3S. The average molecular weight is 308 g/mol. The summed E-state index contributed by atoms with van der Waals surface area (Å²) in [5, 5.41) is 0. The van der Waals surface area contributed by atoms with Crippen molar-refractivity contribution in [3.63, 3.8) is 0 Å². The van der Waals surface area contributed by atoms with Crippen molar-refractivity contribution in [3.8, 4) is 5.75 Å². The highest BCUT2D eigenvalue weighted by molar-refractivity contribution is 7.89. The predicted molar refractivity (Wildman–Crippen MR) is 78.7 cm³/mol. The molecule has 1 saturated heterocycles. The zero-order chi connectivity index (χ0) is 14.6. The van der Waals surface area contributed by atoms with Crippen molar-refractivity contribution in [2.24, 2.45) is 5.92 Å². The van der Waals surface area contributed by atoms with Crippen LogP contribution in [0.2, 0.25) is 0 Å². The van der Waals surface area contributed by atoms with E-state index in [1.54, 1.807) is 19.2 Å². The van der Waals surface area contributed by atoms with Crippen molar-refractivity contribution in [1.82, 2.24) is 9.21 Å². The van der Waals surface area contributed by atoms with Gasteiger partial charge in [0.2, 0.25) is 10.0 Å². The van der Waals surface area contributed by atoms with E-state index in [0.29, 0.717) is 24.1 Å². The second kappa shape index (κ2) is 4.69. The summed E-state index contributed by atoms with van der Waals surface area (Å²) in [5.74, 6) is 1.70. The Hall–Kier alpha value is -1.11. The van der Waals surface area contributed by atoms with E-state index in [4.69, 9.17) is 4.74 Å². The minimum Gasteiger partial charge on any atom is -0.492 e. The van der Waals surface area contributed by atoms with Crippen LogP contribution in [0.25, 0.3) is 0 Å². The molecule has 0 spiro atoms. The number of benzene rings is 1. The van der Waals surface area contributed by atoms with E-state index in [1.807, 2.05) is 6.07 Å². The second-order valence-electron chi connectivity index (χ2n) is 6.39. The number of hydrogen-bond donors (Lipinski definition) is 0. The van der Waals surface area contributed by atoms with Crippen LogP contribution in [0.4, 0.5) is 0 Å². The smallest absolute Gasteiger partial charge is 0.243 e. The second-order valence-corrected chi connectivity index (χ2v) is 8.41. The maximum Gasteiger partial charge on any atom is 0.243 e. The van der Waals surface area contributed by atoms with Gasteiger partial charge in [0.15, 0.2) is 0 Å². The first-order valence-corrected chi connectivity index (χ1v) is 8.94. The molecular weight excluding hydrogens is 288 g/mol. The van der Waals surface area contributed by atoms with Gasteiger partial charge in [0, 0.05) is 26.7 Å². The Morgan fingerprint density at radius 3 is 2.90 bits per heavy atom. The first kappa shape index (κ1) is 13.5. The molecule has 2 heterocycles. The lowest BCUT2D eigenvalue weighted by atomic mass is 10.2. The fraction of sp³-hybridized carbons (Fsp3) is 0.600. The highest BCUT2D eigenvalue weighted by atomic mass is 32.2. The summed E-state index contributed by atoms with van der Waals surface area (Å²) in [6, 6.07) is 5.84. The number of rotatable bonds is 5. The molecule has 4 rings (SSSR count). The van der Waals surface area contributed by atoms with Crippen LogP contribution in [0, 0.1) is 5.92 Å². The standard InChI is InChI=1S/C15H20N2O3S/c1-16-8-12-6-14(4-5-15(12)21(16,18)19)20-10-13-9-17(13)7-11-2-3-11/h4-6,11,13H,2-3,7-10H2,1H3. The third kappa shape index (κ3) is 2.56. The van der Waals surface area contributed by atoms with E-state index >= 15 is 0 Å². The van der Waals surface area contributed by atoms with Crippen molar-refractivity contribution < 1.29 is 13.2 Å². The largest absolute Gasteiger partial charge is 0.492 e. The Morgan fingerprint density at radius 2 is 2.14 bits per heavy atom. The lowest BCUT2D eigenvalue weighted by molar-refractivity contribution is 0.291. The average Bonchev–Trinajstić information content (AvgIpc) is 3.34. The van der Waals surface area contributed by atoms with Crippen molar-refractivity contribution >= 4 is 10.0 Å². The van der Waals surface area contributed by atoms with Crippen LogP contribution >= 0.6 is 0 Å². The molecule has 2 atom stereocenters. The number of hydrogen-bond acceptors (Lipinski definition) is 4. The van der Waals surface area contributed by atoms with Crippen LogP contribution < -0.4 is 4.74 Å². The van der Waals surface area contributed by atoms with Crippen molar-refractivity contribution in [3.05, 3.63) is 23.8 Å². The zero-order valence-electron chi connectivity index (χ0n) is 12.2. The maximum atomic E-state index is 12.0. The monoisotopic (exact) mass is 308 g/mol. The SMILES string of the molecule is CN1Cc2cc(OCC3CN3CC3CC3)ccc2S1(=O)=O. The summed E-state index contributed by atoms with van der Waals surface area (Å²) in [6.07, 6.45) is 2.77. The van der Waals surface area contributed by atoms with Crippen LogP contribution in [0.15, 0.2) is 23.1 Å².